The van der Waals surface area contributed by atoms with Crippen molar-refractivity contribution in [2.75, 3.05) is 19.0 Å². The summed E-state index contributed by atoms with van der Waals surface area (Å²) >= 11 is 6.83. The van der Waals surface area contributed by atoms with Gasteiger partial charge in [-0.1, -0.05) is 32.6 Å². The summed E-state index contributed by atoms with van der Waals surface area (Å²) in [4.78, 5) is 13.0. The van der Waals surface area contributed by atoms with Crippen LogP contribution < -0.4 is 10.6 Å². The lowest BCUT2D eigenvalue weighted by Gasteiger charge is -2.10. The van der Waals surface area contributed by atoms with E-state index in [1.165, 1.54) is 44.1 Å². The highest BCUT2D eigenvalue weighted by atomic mass is 32.1. The lowest BCUT2D eigenvalue weighted by Crippen LogP contribution is -2.29. The SMILES string of the molecule is CCCCCCCNC(=S)Nc1sc(C)c(C)c1C(=O)OC. The zero-order valence-electron chi connectivity index (χ0n) is 13.9. The first kappa shape index (κ1) is 18.9. The van der Waals surface area contributed by atoms with Crippen LogP contribution in [0.4, 0.5) is 5.00 Å². The predicted molar refractivity (Wildman–Crippen MR) is 98.1 cm³/mol. The van der Waals surface area contributed by atoms with Crippen molar-refractivity contribution >= 4 is 39.6 Å². The fraction of sp³-hybridized carbons (Fsp3) is 0.625. The van der Waals surface area contributed by atoms with E-state index in [0.717, 1.165) is 28.4 Å². The summed E-state index contributed by atoms with van der Waals surface area (Å²) in [7, 11) is 1.39. The van der Waals surface area contributed by atoms with Crippen LogP contribution in [0.25, 0.3) is 0 Å². The van der Waals surface area contributed by atoms with Gasteiger partial charge in [0.05, 0.1) is 12.7 Å². The normalized spacial score (nSPS) is 10.4. The molecule has 6 heteroatoms. The smallest absolute Gasteiger partial charge is 0.341 e. The van der Waals surface area contributed by atoms with Crippen LogP contribution in [0, 0.1) is 13.8 Å². The van der Waals surface area contributed by atoms with E-state index in [1.807, 2.05) is 13.8 Å². The molecule has 22 heavy (non-hydrogen) atoms. The summed E-state index contributed by atoms with van der Waals surface area (Å²) < 4.78 is 4.85. The van der Waals surface area contributed by atoms with Crippen LogP contribution in [0.1, 0.15) is 59.8 Å². The van der Waals surface area contributed by atoms with Crippen LogP contribution >= 0.6 is 23.6 Å². The molecule has 0 unspecified atom stereocenters. The highest BCUT2D eigenvalue weighted by molar-refractivity contribution is 7.80. The fourth-order valence-corrected chi connectivity index (χ4v) is 3.46. The highest BCUT2D eigenvalue weighted by Gasteiger charge is 2.20. The Morgan fingerprint density at radius 3 is 2.55 bits per heavy atom. The van der Waals surface area contributed by atoms with Crippen LogP contribution in [-0.4, -0.2) is 24.7 Å². The van der Waals surface area contributed by atoms with E-state index < -0.39 is 0 Å². The number of carbonyl (C=O) groups is 1. The maximum Gasteiger partial charge on any atom is 0.341 e. The van der Waals surface area contributed by atoms with Gasteiger partial charge in [0.15, 0.2) is 5.11 Å². The Hall–Kier alpha value is -1.14. The topological polar surface area (TPSA) is 50.4 Å². The van der Waals surface area contributed by atoms with E-state index in [2.05, 4.69) is 17.6 Å². The second-order valence-corrected chi connectivity index (χ2v) is 6.91. The van der Waals surface area contributed by atoms with Gasteiger partial charge in [-0.2, -0.15) is 0 Å². The molecular formula is C16H26N2O2S2. The average molecular weight is 343 g/mol. The molecule has 1 rings (SSSR count). The Morgan fingerprint density at radius 1 is 1.23 bits per heavy atom. The van der Waals surface area contributed by atoms with Gasteiger partial charge in [-0.25, -0.2) is 4.79 Å². The molecule has 0 aromatic carbocycles. The third-order valence-electron chi connectivity index (χ3n) is 3.57. The zero-order valence-corrected chi connectivity index (χ0v) is 15.5. The number of methoxy groups -OCH3 is 1. The molecule has 0 saturated carbocycles. The van der Waals surface area contributed by atoms with E-state index in [9.17, 15) is 4.79 Å². The minimum atomic E-state index is -0.327. The van der Waals surface area contributed by atoms with Crippen molar-refractivity contribution in [1.29, 1.82) is 0 Å². The Balaban J connectivity index is 2.51. The summed E-state index contributed by atoms with van der Waals surface area (Å²) in [5.41, 5.74) is 1.53. The van der Waals surface area contributed by atoms with Gasteiger partial charge in [-0.3, -0.25) is 0 Å². The summed E-state index contributed by atoms with van der Waals surface area (Å²) in [6.07, 6.45) is 6.14. The Labute approximate surface area is 142 Å². The van der Waals surface area contributed by atoms with Crippen molar-refractivity contribution in [1.82, 2.24) is 5.32 Å². The quantitative estimate of drug-likeness (QED) is 0.416. The van der Waals surface area contributed by atoms with E-state index in [-0.39, 0.29) is 5.97 Å². The Morgan fingerprint density at radius 2 is 1.91 bits per heavy atom. The van der Waals surface area contributed by atoms with Gasteiger partial charge in [0.2, 0.25) is 0 Å². The Kier molecular flexibility index (Phi) is 8.42. The molecule has 1 heterocycles. The number of esters is 1. The van der Waals surface area contributed by atoms with Gasteiger partial charge in [0, 0.05) is 11.4 Å². The number of carbonyl (C=O) groups excluding carboxylic acids is 1. The van der Waals surface area contributed by atoms with Crippen molar-refractivity contribution in [3.8, 4) is 0 Å². The summed E-state index contributed by atoms with van der Waals surface area (Å²) in [5, 5.41) is 7.64. The number of nitrogens with one attached hydrogen (secondary N) is 2. The van der Waals surface area contributed by atoms with E-state index >= 15 is 0 Å². The molecule has 1 aromatic rings. The minimum Gasteiger partial charge on any atom is -0.465 e. The molecule has 124 valence electrons. The first-order valence-electron chi connectivity index (χ1n) is 7.74. The maximum absolute atomic E-state index is 11.9. The van der Waals surface area contributed by atoms with Gasteiger partial charge in [0.1, 0.15) is 5.00 Å². The molecule has 0 bridgehead atoms. The van der Waals surface area contributed by atoms with Gasteiger partial charge in [-0.05, 0) is 38.0 Å². The number of ether oxygens (including phenoxy) is 1. The molecule has 0 atom stereocenters. The minimum absolute atomic E-state index is 0.327. The van der Waals surface area contributed by atoms with Crippen LogP contribution in [0.2, 0.25) is 0 Å². The van der Waals surface area contributed by atoms with Crippen molar-refractivity contribution in [2.24, 2.45) is 0 Å². The van der Waals surface area contributed by atoms with Gasteiger partial charge >= 0.3 is 5.97 Å². The molecule has 0 amide bonds. The molecule has 2 N–H and O–H groups in total. The number of unbranched alkanes of at least 4 members (excludes halogenated alkanes) is 4. The van der Waals surface area contributed by atoms with E-state index in [1.54, 1.807) is 0 Å². The van der Waals surface area contributed by atoms with E-state index in [0.29, 0.717) is 10.7 Å². The largest absolute Gasteiger partial charge is 0.465 e. The molecule has 0 aliphatic carbocycles. The second kappa shape index (κ2) is 9.79. The molecule has 0 aliphatic rings. The number of aryl methyl sites for hydroxylation is 1. The van der Waals surface area contributed by atoms with Crippen LogP contribution in [0.3, 0.4) is 0 Å². The molecular weight excluding hydrogens is 316 g/mol. The molecule has 0 aliphatic heterocycles. The van der Waals surface area contributed by atoms with Crippen molar-refractivity contribution < 1.29 is 9.53 Å². The Bertz CT molecular complexity index is 512. The monoisotopic (exact) mass is 342 g/mol. The van der Waals surface area contributed by atoms with Crippen molar-refractivity contribution in [3.05, 3.63) is 16.0 Å². The molecule has 1 aromatic heterocycles. The summed E-state index contributed by atoms with van der Waals surface area (Å²) in [5.74, 6) is -0.327. The third kappa shape index (κ3) is 5.57. The number of anilines is 1. The third-order valence-corrected chi connectivity index (χ3v) is 4.94. The molecule has 0 radical (unpaired) electrons. The molecule has 0 saturated heterocycles. The predicted octanol–water partition coefficient (Wildman–Crippen LogP) is 4.41. The van der Waals surface area contributed by atoms with E-state index in [4.69, 9.17) is 17.0 Å². The standard InChI is InChI=1S/C16H26N2O2S2/c1-5-6-7-8-9-10-17-16(21)18-14-13(15(19)20-4)11(2)12(3)22-14/h5-10H2,1-4H3,(H2,17,18,21). The highest BCUT2D eigenvalue weighted by Crippen LogP contribution is 2.32. The number of hydrogen-bond donors (Lipinski definition) is 2. The number of thiocarbonyl (C=S) groups is 1. The van der Waals surface area contributed by atoms with Crippen molar-refractivity contribution in [3.63, 3.8) is 0 Å². The first-order chi connectivity index (χ1) is 10.5. The second-order valence-electron chi connectivity index (χ2n) is 5.27. The maximum atomic E-state index is 11.9. The summed E-state index contributed by atoms with van der Waals surface area (Å²) in [6.45, 7) is 6.98. The van der Waals surface area contributed by atoms with Crippen LogP contribution in [0.5, 0.6) is 0 Å². The molecule has 4 nitrogen and oxygen atoms in total. The lowest BCUT2D eigenvalue weighted by atomic mass is 10.1. The number of hydrogen-bond acceptors (Lipinski definition) is 4. The zero-order chi connectivity index (χ0) is 16.5. The van der Waals surface area contributed by atoms with Crippen molar-refractivity contribution in [2.45, 2.75) is 52.9 Å². The van der Waals surface area contributed by atoms with Gasteiger partial charge in [0.25, 0.3) is 0 Å². The van der Waals surface area contributed by atoms with Crippen LogP contribution in [0.15, 0.2) is 0 Å². The lowest BCUT2D eigenvalue weighted by molar-refractivity contribution is 0.0601. The molecule has 0 spiro atoms. The first-order valence-corrected chi connectivity index (χ1v) is 8.96. The fourth-order valence-electron chi connectivity index (χ4n) is 2.14. The number of thiophene rings is 1. The summed E-state index contributed by atoms with van der Waals surface area (Å²) in [6, 6.07) is 0. The van der Waals surface area contributed by atoms with Crippen LogP contribution in [-0.2, 0) is 4.74 Å². The molecule has 0 fully saturated rings. The average Bonchev–Trinajstić information content (AvgIpc) is 2.76. The van der Waals surface area contributed by atoms with Gasteiger partial charge < -0.3 is 15.4 Å². The van der Waals surface area contributed by atoms with Gasteiger partial charge in [-0.15, -0.1) is 11.3 Å². The number of rotatable bonds is 8.